The molecule has 0 bridgehead atoms. The Labute approximate surface area is 207 Å². The first-order valence-corrected chi connectivity index (χ1v) is 12.4. The van der Waals surface area contributed by atoms with E-state index in [9.17, 15) is 9.59 Å². The number of aromatic amines is 2. The summed E-state index contributed by atoms with van der Waals surface area (Å²) in [6.07, 6.45) is 8.06. The van der Waals surface area contributed by atoms with E-state index in [1.807, 2.05) is 60.9 Å². The van der Waals surface area contributed by atoms with Crippen LogP contribution < -0.4 is 5.32 Å². The maximum atomic E-state index is 13.1. The number of imidazole rings is 1. The predicted octanol–water partition coefficient (Wildman–Crippen LogP) is 6.26. The smallest absolute Gasteiger partial charge is 0.225 e. The molecule has 0 spiro atoms. The summed E-state index contributed by atoms with van der Waals surface area (Å²) in [4.78, 5) is 35.5. The van der Waals surface area contributed by atoms with Crippen molar-refractivity contribution in [2.24, 2.45) is 0 Å². The number of rotatable bonds is 11. The van der Waals surface area contributed by atoms with E-state index in [-0.39, 0.29) is 24.2 Å². The fourth-order valence-electron chi connectivity index (χ4n) is 4.17. The average Bonchev–Trinajstić information content (AvgIpc) is 3.46. The molecule has 0 fully saturated rings. The molecule has 1 amide bonds. The van der Waals surface area contributed by atoms with Gasteiger partial charge in [-0.1, -0.05) is 59.1 Å². The van der Waals surface area contributed by atoms with Gasteiger partial charge in [0.1, 0.15) is 11.6 Å². The number of nitrogens with zero attached hydrogens (tertiary/aromatic N) is 1. The van der Waals surface area contributed by atoms with Crippen molar-refractivity contribution in [1.82, 2.24) is 20.3 Å². The molecule has 3 N–H and O–H groups in total. The number of unbranched alkanes of at least 4 members (excludes halogenated alkanes) is 2. The second kappa shape index (κ2) is 11.3. The molecule has 34 heavy (non-hydrogen) atoms. The fourth-order valence-corrected chi connectivity index (χ4v) is 4.53. The molecule has 4 rings (SSSR count). The maximum absolute atomic E-state index is 13.1. The number of benzene rings is 2. The van der Waals surface area contributed by atoms with Gasteiger partial charge in [0.15, 0.2) is 0 Å². The van der Waals surface area contributed by atoms with Gasteiger partial charge in [0, 0.05) is 28.0 Å². The van der Waals surface area contributed by atoms with Crippen LogP contribution >= 0.6 is 15.9 Å². The molecule has 2 aromatic heterocycles. The highest BCUT2D eigenvalue weighted by Crippen LogP contribution is 2.25. The van der Waals surface area contributed by atoms with E-state index in [1.165, 1.54) is 0 Å². The minimum atomic E-state index is -0.223. The number of amides is 1. The molecular weight excluding hydrogens is 492 g/mol. The minimum absolute atomic E-state index is 0.0488. The molecule has 2 heterocycles. The van der Waals surface area contributed by atoms with Crippen LogP contribution in [0.4, 0.5) is 0 Å². The zero-order valence-electron chi connectivity index (χ0n) is 19.2. The zero-order chi connectivity index (χ0) is 23.9. The fraction of sp³-hybridized carbons (Fsp3) is 0.296. The molecule has 6 nitrogen and oxygen atoms in total. The van der Waals surface area contributed by atoms with Gasteiger partial charge in [0.2, 0.25) is 5.91 Å². The third-order valence-corrected chi connectivity index (χ3v) is 6.44. The monoisotopic (exact) mass is 520 g/mol. The predicted molar refractivity (Wildman–Crippen MR) is 138 cm³/mol. The van der Waals surface area contributed by atoms with Gasteiger partial charge in [-0.25, -0.2) is 4.98 Å². The highest BCUT2D eigenvalue weighted by atomic mass is 79.9. The van der Waals surface area contributed by atoms with Crippen molar-refractivity contribution in [1.29, 1.82) is 0 Å². The molecule has 1 atom stereocenters. The summed E-state index contributed by atoms with van der Waals surface area (Å²) in [5.41, 5.74) is 3.94. The number of carbonyl (C=O) groups is 2. The number of aromatic nitrogens is 3. The number of ketones is 1. The first-order valence-electron chi connectivity index (χ1n) is 11.6. The Morgan fingerprint density at radius 1 is 1.09 bits per heavy atom. The maximum Gasteiger partial charge on any atom is 0.225 e. The molecule has 7 heteroatoms. The highest BCUT2D eigenvalue weighted by molar-refractivity contribution is 9.10. The third-order valence-electron chi connectivity index (χ3n) is 5.95. The zero-order valence-corrected chi connectivity index (χ0v) is 20.8. The van der Waals surface area contributed by atoms with E-state index in [4.69, 9.17) is 0 Å². The lowest BCUT2D eigenvalue weighted by atomic mass is 10.0. The summed E-state index contributed by atoms with van der Waals surface area (Å²) in [6.45, 7) is 1.63. The van der Waals surface area contributed by atoms with Crippen LogP contribution in [0, 0.1) is 0 Å². The van der Waals surface area contributed by atoms with E-state index < -0.39 is 0 Å². The van der Waals surface area contributed by atoms with Crippen LogP contribution in [0.1, 0.15) is 56.5 Å². The molecule has 4 aromatic rings. The summed E-state index contributed by atoms with van der Waals surface area (Å²) in [5.74, 6) is 0.918. The number of fused-ring (bicyclic) bond motifs is 1. The van der Waals surface area contributed by atoms with E-state index in [1.54, 1.807) is 6.92 Å². The van der Waals surface area contributed by atoms with Crippen LogP contribution in [0.3, 0.4) is 0 Å². The SMILES string of the molecule is CC(=O)CCCCC[C@H](NC(=O)Cc1c[nH]c2ccc(Br)cc12)c1ncc(-c2ccccc2)[nH]1. The lowest BCUT2D eigenvalue weighted by Gasteiger charge is -2.17. The second-order valence-electron chi connectivity index (χ2n) is 8.65. The Bertz CT molecular complexity index is 1260. The van der Waals surface area contributed by atoms with Crippen molar-refractivity contribution in [3.63, 3.8) is 0 Å². The van der Waals surface area contributed by atoms with Crippen molar-refractivity contribution in [3.05, 3.63) is 76.8 Å². The first kappa shape index (κ1) is 24.0. The Morgan fingerprint density at radius 2 is 1.91 bits per heavy atom. The van der Waals surface area contributed by atoms with Gasteiger partial charge in [-0.05, 0) is 49.1 Å². The molecule has 0 unspecified atom stereocenters. The van der Waals surface area contributed by atoms with Gasteiger partial charge < -0.3 is 20.1 Å². The molecule has 2 aromatic carbocycles. The number of halogens is 1. The molecule has 0 aliphatic carbocycles. The first-order chi connectivity index (χ1) is 16.5. The van der Waals surface area contributed by atoms with Crippen molar-refractivity contribution in [3.8, 4) is 11.3 Å². The van der Waals surface area contributed by atoms with Crippen LogP contribution in [0.25, 0.3) is 22.2 Å². The number of carbonyl (C=O) groups excluding carboxylic acids is 2. The summed E-state index contributed by atoms with van der Waals surface area (Å²) in [6, 6.07) is 15.8. The summed E-state index contributed by atoms with van der Waals surface area (Å²) in [5, 5.41) is 4.23. The molecule has 0 radical (unpaired) electrons. The van der Waals surface area contributed by atoms with E-state index in [2.05, 4.69) is 36.2 Å². The van der Waals surface area contributed by atoms with Crippen LogP contribution in [-0.2, 0) is 16.0 Å². The van der Waals surface area contributed by atoms with E-state index in [0.717, 1.165) is 63.7 Å². The van der Waals surface area contributed by atoms with Crippen LogP contribution in [0.15, 0.2) is 65.4 Å². The van der Waals surface area contributed by atoms with E-state index in [0.29, 0.717) is 6.42 Å². The lowest BCUT2D eigenvalue weighted by Crippen LogP contribution is -2.30. The Hall–Kier alpha value is -3.19. The Morgan fingerprint density at radius 3 is 2.71 bits per heavy atom. The standard InChI is InChI=1S/C27H29BrN4O2/c1-18(33)8-4-2-7-11-24(27-30-17-25(32-27)19-9-5-3-6-10-19)31-26(34)14-20-16-29-23-13-12-21(28)15-22(20)23/h3,5-6,9-10,12-13,15-17,24,29H,2,4,7-8,11,14H2,1H3,(H,30,32)(H,31,34)/t24-/m0/s1. The quantitative estimate of drug-likeness (QED) is 0.204. The third kappa shape index (κ3) is 6.23. The van der Waals surface area contributed by atoms with Crippen molar-refractivity contribution in [2.45, 2.75) is 51.5 Å². The lowest BCUT2D eigenvalue weighted by molar-refractivity contribution is -0.121. The Balaban J connectivity index is 1.47. The van der Waals surface area contributed by atoms with Crippen molar-refractivity contribution < 1.29 is 9.59 Å². The minimum Gasteiger partial charge on any atom is -0.361 e. The average molecular weight is 521 g/mol. The van der Waals surface area contributed by atoms with Gasteiger partial charge in [-0.2, -0.15) is 0 Å². The number of hydrogen-bond donors (Lipinski definition) is 3. The molecular formula is C27H29BrN4O2. The van der Waals surface area contributed by atoms with Gasteiger partial charge in [0.25, 0.3) is 0 Å². The largest absolute Gasteiger partial charge is 0.361 e. The van der Waals surface area contributed by atoms with Gasteiger partial charge in [0.05, 0.1) is 24.4 Å². The molecule has 0 saturated carbocycles. The summed E-state index contributed by atoms with van der Waals surface area (Å²) < 4.78 is 0.980. The molecule has 0 aliphatic heterocycles. The van der Waals surface area contributed by atoms with Gasteiger partial charge in [-0.3, -0.25) is 4.79 Å². The number of hydrogen-bond acceptors (Lipinski definition) is 3. The Kier molecular flexibility index (Phi) is 7.95. The second-order valence-corrected chi connectivity index (χ2v) is 9.57. The number of Topliss-reactive ketones (excluding diaryl/α,β-unsaturated/α-hetero) is 1. The normalized spacial score (nSPS) is 12.1. The van der Waals surface area contributed by atoms with Crippen molar-refractivity contribution in [2.75, 3.05) is 0 Å². The summed E-state index contributed by atoms with van der Waals surface area (Å²) >= 11 is 3.51. The molecule has 0 aliphatic rings. The van der Waals surface area contributed by atoms with Crippen LogP contribution in [0.2, 0.25) is 0 Å². The van der Waals surface area contributed by atoms with Crippen LogP contribution in [-0.4, -0.2) is 26.6 Å². The van der Waals surface area contributed by atoms with Crippen molar-refractivity contribution >= 4 is 38.5 Å². The number of nitrogens with one attached hydrogen (secondary N) is 3. The van der Waals surface area contributed by atoms with Crippen LogP contribution in [0.5, 0.6) is 0 Å². The topological polar surface area (TPSA) is 90.6 Å². The molecule has 176 valence electrons. The van der Waals surface area contributed by atoms with Gasteiger partial charge >= 0.3 is 0 Å². The summed E-state index contributed by atoms with van der Waals surface area (Å²) in [7, 11) is 0. The van der Waals surface area contributed by atoms with E-state index >= 15 is 0 Å². The highest BCUT2D eigenvalue weighted by Gasteiger charge is 2.19. The van der Waals surface area contributed by atoms with Gasteiger partial charge in [-0.15, -0.1) is 0 Å². The number of H-pyrrole nitrogens is 2. The molecule has 0 saturated heterocycles.